The number of amides is 1. The van der Waals surface area contributed by atoms with Crippen LogP contribution in [0.15, 0.2) is 34.5 Å². The second kappa shape index (κ2) is 10.6. The second-order valence-corrected chi connectivity index (χ2v) is 12.4. The predicted octanol–water partition coefficient (Wildman–Crippen LogP) is 5.03. The number of nitrogens with zero attached hydrogens (tertiary/aromatic N) is 4. The van der Waals surface area contributed by atoms with E-state index < -0.39 is 5.60 Å². The zero-order valence-corrected chi connectivity index (χ0v) is 24.2. The smallest absolute Gasteiger partial charge is 0.410 e. The molecule has 0 N–H and O–H groups in total. The van der Waals surface area contributed by atoms with E-state index in [1.807, 2.05) is 50.1 Å². The molecule has 1 aromatic heterocycles. The van der Waals surface area contributed by atoms with Gasteiger partial charge in [0, 0.05) is 60.6 Å². The number of carbonyl (C=O) groups is 1. The molecule has 0 aliphatic carbocycles. The summed E-state index contributed by atoms with van der Waals surface area (Å²) < 4.78 is 13.8. The average Bonchev–Trinajstić information content (AvgIpc) is 3.38. The van der Waals surface area contributed by atoms with Gasteiger partial charge in [-0.05, 0) is 70.9 Å². The van der Waals surface area contributed by atoms with Crippen molar-refractivity contribution in [1.82, 2.24) is 19.6 Å². The minimum atomic E-state index is -0.493. The Morgan fingerprint density at radius 2 is 1.92 bits per heavy atom. The molecule has 0 saturated carbocycles. The highest BCUT2D eigenvalue weighted by atomic mass is 79.9. The molecule has 1 aromatic carbocycles. The van der Waals surface area contributed by atoms with Crippen molar-refractivity contribution in [2.75, 3.05) is 39.8 Å². The van der Waals surface area contributed by atoms with Crippen LogP contribution in [0.3, 0.4) is 0 Å². The van der Waals surface area contributed by atoms with Gasteiger partial charge >= 0.3 is 6.09 Å². The summed E-state index contributed by atoms with van der Waals surface area (Å²) >= 11 is 3.68. The molecule has 2 saturated heterocycles. The molecule has 3 heterocycles. The molecule has 200 valence electrons. The van der Waals surface area contributed by atoms with Gasteiger partial charge in [0.1, 0.15) is 5.60 Å². The molecule has 4 rings (SSSR count). The summed E-state index contributed by atoms with van der Waals surface area (Å²) in [6.07, 6.45) is 1.21. The molecule has 2 aliphatic heterocycles. The van der Waals surface area contributed by atoms with E-state index in [-0.39, 0.29) is 17.4 Å². The molecule has 1 atom stereocenters. The van der Waals surface area contributed by atoms with Crippen molar-refractivity contribution in [2.45, 2.75) is 59.0 Å². The first-order chi connectivity index (χ1) is 17.4. The monoisotopic (exact) mass is 572 g/mol. The first kappa shape index (κ1) is 27.4. The highest BCUT2D eigenvalue weighted by Crippen LogP contribution is 2.41. The number of allylic oxidation sites excluding steroid dienone is 1. The van der Waals surface area contributed by atoms with Gasteiger partial charge in [-0.2, -0.15) is 5.10 Å². The Labute approximate surface area is 227 Å². The van der Waals surface area contributed by atoms with E-state index in [0.717, 1.165) is 66.3 Å². The maximum Gasteiger partial charge on any atom is 0.410 e. The average molecular weight is 574 g/mol. The summed E-state index contributed by atoms with van der Waals surface area (Å²) in [5, 5.41) is 4.65. The van der Waals surface area contributed by atoms with Crippen molar-refractivity contribution in [3.63, 3.8) is 0 Å². The summed E-state index contributed by atoms with van der Waals surface area (Å²) in [5.41, 5.74) is 3.71. The van der Waals surface area contributed by atoms with E-state index in [1.54, 1.807) is 0 Å². The largest absolute Gasteiger partial charge is 0.490 e. The van der Waals surface area contributed by atoms with E-state index >= 15 is 0 Å². The van der Waals surface area contributed by atoms with Gasteiger partial charge < -0.3 is 19.3 Å². The van der Waals surface area contributed by atoms with Crippen LogP contribution in [0.4, 0.5) is 4.79 Å². The maximum atomic E-state index is 12.6. The quantitative estimate of drug-likeness (QED) is 0.342. The maximum absolute atomic E-state index is 12.6. The van der Waals surface area contributed by atoms with Gasteiger partial charge in [0.25, 0.3) is 0 Å². The summed E-state index contributed by atoms with van der Waals surface area (Å²) in [6, 6.07) is 8.35. The molecule has 8 nitrogen and oxygen atoms in total. The molecule has 0 unspecified atom stereocenters. The number of aromatic nitrogens is 2. The van der Waals surface area contributed by atoms with Crippen LogP contribution < -0.4 is 0 Å². The summed E-state index contributed by atoms with van der Waals surface area (Å²) in [7, 11) is 1.52. The van der Waals surface area contributed by atoms with Crippen LogP contribution in [0.25, 0.3) is 5.69 Å². The first-order valence-corrected chi connectivity index (χ1v) is 13.5. The highest BCUT2D eigenvalue weighted by Gasteiger charge is 2.49. The molecular formula is C28H37BrN4O4. The lowest BCUT2D eigenvalue weighted by atomic mass is 9.78. The molecule has 9 heteroatoms. The third-order valence-electron chi connectivity index (χ3n) is 7.11. The summed E-state index contributed by atoms with van der Waals surface area (Å²) in [4.78, 5) is 28.3. The van der Waals surface area contributed by atoms with E-state index in [4.69, 9.17) is 9.47 Å². The number of aryl methyl sites for hydroxylation is 2. The molecule has 2 aromatic rings. The summed E-state index contributed by atoms with van der Waals surface area (Å²) in [6.45, 7) is 13.8. The first-order valence-electron chi connectivity index (χ1n) is 12.7. The Hall–Kier alpha value is -2.61. The fourth-order valence-corrected chi connectivity index (χ4v) is 6.04. The van der Waals surface area contributed by atoms with Gasteiger partial charge in [-0.3, -0.25) is 0 Å². The number of ether oxygens (including phenoxy) is 2. The van der Waals surface area contributed by atoms with Gasteiger partial charge in [0.15, 0.2) is 11.7 Å². The zero-order valence-electron chi connectivity index (χ0n) is 22.6. The van der Waals surface area contributed by atoms with Gasteiger partial charge in [0.05, 0.1) is 18.5 Å². The van der Waals surface area contributed by atoms with Crippen LogP contribution >= 0.6 is 15.9 Å². The Morgan fingerprint density at radius 1 is 1.19 bits per heavy atom. The van der Waals surface area contributed by atoms with Gasteiger partial charge in [-0.25, -0.2) is 14.3 Å². The van der Waals surface area contributed by atoms with Crippen molar-refractivity contribution in [2.24, 2.45) is 5.41 Å². The van der Waals surface area contributed by atoms with Crippen molar-refractivity contribution >= 4 is 28.0 Å². The molecule has 37 heavy (non-hydrogen) atoms. The number of benzene rings is 1. The zero-order chi connectivity index (χ0) is 27.0. The van der Waals surface area contributed by atoms with Crippen molar-refractivity contribution < 1.29 is 19.1 Å². The van der Waals surface area contributed by atoms with Gasteiger partial charge in [-0.15, -0.1) is 0 Å². The number of carbonyl (C=O) groups excluding carboxylic acids is 2. The van der Waals surface area contributed by atoms with E-state index in [0.29, 0.717) is 12.2 Å². The number of rotatable bonds is 7. The lowest BCUT2D eigenvalue weighted by molar-refractivity contribution is -0.00510. The number of methoxy groups -OCH3 is 1. The Bertz CT molecular complexity index is 1210. The molecule has 1 spiro atoms. The van der Waals surface area contributed by atoms with Gasteiger partial charge in [-0.1, -0.05) is 15.9 Å². The minimum absolute atomic E-state index is 0.0327. The van der Waals surface area contributed by atoms with E-state index in [1.165, 1.54) is 7.11 Å². The normalized spacial score (nSPS) is 17.9. The fraction of sp³-hybridized carbons (Fsp3) is 0.571. The third-order valence-corrected chi connectivity index (χ3v) is 7.57. The Morgan fingerprint density at radius 3 is 2.51 bits per heavy atom. The minimum Gasteiger partial charge on any atom is -0.490 e. The second-order valence-electron chi connectivity index (χ2n) is 11.5. The van der Waals surface area contributed by atoms with E-state index in [2.05, 4.69) is 50.2 Å². The SMILES string of the molecule is COC(=C=O)C[C@H](CN1CC2(CCN(C(=O)OC(C)(C)C)C2)C1)c1cc(Br)cc(-n2nc(C)cc2C)c1. The van der Waals surface area contributed by atoms with Crippen LogP contribution in [-0.4, -0.2) is 77.0 Å². The highest BCUT2D eigenvalue weighted by molar-refractivity contribution is 9.10. The predicted molar refractivity (Wildman–Crippen MR) is 146 cm³/mol. The number of halogens is 1. The van der Waals surface area contributed by atoms with Crippen LogP contribution in [0.2, 0.25) is 0 Å². The van der Waals surface area contributed by atoms with E-state index in [9.17, 15) is 9.59 Å². The lowest BCUT2D eigenvalue weighted by Crippen LogP contribution is -2.58. The molecule has 0 radical (unpaired) electrons. The van der Waals surface area contributed by atoms with Crippen LogP contribution in [0.1, 0.15) is 56.5 Å². The van der Waals surface area contributed by atoms with Crippen molar-refractivity contribution in [3.8, 4) is 5.69 Å². The Balaban J connectivity index is 1.49. The number of hydrogen-bond donors (Lipinski definition) is 0. The van der Waals surface area contributed by atoms with Crippen LogP contribution in [0, 0.1) is 19.3 Å². The Kier molecular flexibility index (Phi) is 7.88. The van der Waals surface area contributed by atoms with Gasteiger partial charge in [0.2, 0.25) is 0 Å². The molecule has 0 bridgehead atoms. The molecule has 2 fully saturated rings. The number of hydrogen-bond acceptors (Lipinski definition) is 6. The number of likely N-dealkylation sites (tertiary alicyclic amines) is 2. The molecule has 1 amide bonds. The molecular weight excluding hydrogens is 536 g/mol. The van der Waals surface area contributed by atoms with Crippen molar-refractivity contribution in [3.05, 3.63) is 51.4 Å². The summed E-state index contributed by atoms with van der Waals surface area (Å²) in [5.74, 6) is 2.30. The van der Waals surface area contributed by atoms with Crippen molar-refractivity contribution in [1.29, 1.82) is 0 Å². The fourth-order valence-electron chi connectivity index (χ4n) is 5.54. The van der Waals surface area contributed by atoms with Crippen LogP contribution in [0.5, 0.6) is 0 Å². The topological polar surface area (TPSA) is 76.9 Å². The standard InChI is InChI=1S/C28H37BrN4O4/c1-19-9-20(2)33(30-19)24-11-21(10-23(29)13-24)22(12-25(15-34)36-6)14-31-16-28(17-31)7-8-32(18-28)26(35)37-27(3,4)5/h9-11,13,22H,7-8,12,14,16-18H2,1-6H3/t22-/m1/s1. The molecule has 2 aliphatic rings. The van der Waals surface area contributed by atoms with Crippen LogP contribution in [-0.2, 0) is 14.3 Å². The third kappa shape index (κ3) is 6.46. The lowest BCUT2D eigenvalue weighted by Gasteiger charge is -2.49.